The van der Waals surface area contributed by atoms with E-state index in [-0.39, 0.29) is 35.4 Å². The molecule has 2 heterocycles. The number of nitrogens with one attached hydrogen (secondary N) is 3. The molecule has 0 amide bonds. The Balaban J connectivity index is 0.00000363. The summed E-state index contributed by atoms with van der Waals surface area (Å²) in [4.78, 5) is 13.2. The number of imidazole rings is 1. The molecule has 0 aliphatic heterocycles. The Hall–Kier alpha value is -2.25. The number of sulfonamides is 1. The zero-order valence-corrected chi connectivity index (χ0v) is 21.4. The van der Waals surface area contributed by atoms with Crippen molar-refractivity contribution >= 4 is 51.0 Å². The molecule has 0 fully saturated rings. The second-order valence-corrected chi connectivity index (χ2v) is 8.69. The molecule has 0 bridgehead atoms. The van der Waals surface area contributed by atoms with Gasteiger partial charge in [-0.2, -0.15) is 0 Å². The maximum Gasteiger partial charge on any atom is 0.242 e. The summed E-state index contributed by atoms with van der Waals surface area (Å²) in [5, 5.41) is 6.34. The van der Waals surface area contributed by atoms with Crippen LogP contribution in [-0.2, 0) is 16.6 Å². The normalized spacial score (nSPS) is 11.9. The molecule has 2 aromatic heterocycles. The number of para-hydroxylation sites is 2. The van der Waals surface area contributed by atoms with E-state index in [9.17, 15) is 8.42 Å². The molecule has 11 heteroatoms. The highest BCUT2D eigenvalue weighted by Crippen LogP contribution is 2.15. The fourth-order valence-corrected chi connectivity index (χ4v) is 4.19. The fraction of sp³-hybridized carbons (Fsp3) is 0.381. The van der Waals surface area contributed by atoms with Gasteiger partial charge in [-0.05, 0) is 44.5 Å². The molecule has 9 nitrogen and oxygen atoms in total. The molecule has 3 rings (SSSR count). The van der Waals surface area contributed by atoms with E-state index < -0.39 is 10.0 Å². The largest absolute Gasteiger partial charge is 0.357 e. The van der Waals surface area contributed by atoms with Crippen LogP contribution in [0.3, 0.4) is 0 Å². The van der Waals surface area contributed by atoms with Gasteiger partial charge in [0.15, 0.2) is 5.96 Å². The van der Waals surface area contributed by atoms with E-state index in [1.807, 2.05) is 32.0 Å². The zero-order chi connectivity index (χ0) is 22.1. The summed E-state index contributed by atoms with van der Waals surface area (Å²) in [6.45, 7) is 6.85. The lowest BCUT2D eigenvalue weighted by molar-refractivity contribution is 0.580. The molecule has 0 saturated heterocycles. The Labute approximate surface area is 206 Å². The summed E-state index contributed by atoms with van der Waals surface area (Å²) in [5.41, 5.74) is 2.14. The lowest BCUT2D eigenvalue weighted by Gasteiger charge is -2.12. The number of aliphatic imine (C=N–C) groups is 1. The van der Waals surface area contributed by atoms with Gasteiger partial charge in [-0.15, -0.1) is 24.0 Å². The van der Waals surface area contributed by atoms with Crippen molar-refractivity contribution in [3.63, 3.8) is 0 Å². The van der Waals surface area contributed by atoms with Gasteiger partial charge < -0.3 is 15.2 Å². The number of pyridine rings is 1. The second kappa shape index (κ2) is 12.7. The van der Waals surface area contributed by atoms with Crippen molar-refractivity contribution in [3.8, 4) is 0 Å². The number of rotatable bonds is 10. The fourth-order valence-electron chi connectivity index (χ4n) is 3.20. The molecule has 0 saturated carbocycles. The first-order valence-corrected chi connectivity index (χ1v) is 11.8. The van der Waals surface area contributed by atoms with Gasteiger partial charge in [-0.25, -0.2) is 18.1 Å². The quantitative estimate of drug-likeness (QED) is 0.149. The molecule has 0 radical (unpaired) electrons. The third kappa shape index (κ3) is 7.14. The van der Waals surface area contributed by atoms with E-state index in [2.05, 4.69) is 40.9 Å². The summed E-state index contributed by atoms with van der Waals surface area (Å²) in [6, 6.07) is 11.2. The van der Waals surface area contributed by atoms with Gasteiger partial charge in [-0.3, -0.25) is 9.98 Å². The highest BCUT2D eigenvalue weighted by Gasteiger charge is 2.12. The molecule has 0 spiro atoms. The van der Waals surface area contributed by atoms with Crippen molar-refractivity contribution < 1.29 is 8.42 Å². The Morgan fingerprint density at radius 3 is 2.69 bits per heavy atom. The molecular weight excluding hydrogens is 541 g/mol. The zero-order valence-electron chi connectivity index (χ0n) is 18.3. The minimum atomic E-state index is -3.56. The van der Waals surface area contributed by atoms with Crippen LogP contribution in [-0.4, -0.2) is 55.1 Å². The summed E-state index contributed by atoms with van der Waals surface area (Å²) in [6.07, 6.45) is 3.73. The molecular formula is C21H30IN7O2S. The second-order valence-electron chi connectivity index (χ2n) is 6.93. The van der Waals surface area contributed by atoms with Crippen molar-refractivity contribution in [2.45, 2.75) is 31.7 Å². The molecule has 1 aromatic carbocycles. The van der Waals surface area contributed by atoms with Gasteiger partial charge in [0.05, 0.1) is 11.0 Å². The van der Waals surface area contributed by atoms with Gasteiger partial charge in [0.1, 0.15) is 10.7 Å². The van der Waals surface area contributed by atoms with Crippen LogP contribution in [0.25, 0.3) is 11.0 Å². The molecule has 3 aromatic rings. The number of halogens is 1. The van der Waals surface area contributed by atoms with Crippen LogP contribution in [0, 0.1) is 6.92 Å². The van der Waals surface area contributed by atoms with Crippen molar-refractivity contribution in [1.82, 2.24) is 29.9 Å². The maximum absolute atomic E-state index is 12.2. The smallest absolute Gasteiger partial charge is 0.242 e. The van der Waals surface area contributed by atoms with Gasteiger partial charge in [0.25, 0.3) is 0 Å². The van der Waals surface area contributed by atoms with Crippen molar-refractivity contribution in [1.29, 1.82) is 0 Å². The van der Waals surface area contributed by atoms with E-state index >= 15 is 0 Å². The van der Waals surface area contributed by atoms with Gasteiger partial charge in [0.2, 0.25) is 10.0 Å². The summed E-state index contributed by atoms with van der Waals surface area (Å²) in [5.74, 6) is 1.66. The van der Waals surface area contributed by atoms with Crippen LogP contribution in [0.15, 0.2) is 58.7 Å². The topological polar surface area (TPSA) is 113 Å². The minimum absolute atomic E-state index is 0. The number of hydrogen-bond donors (Lipinski definition) is 3. The number of aromatic nitrogens is 3. The van der Waals surface area contributed by atoms with Crippen molar-refractivity contribution in [2.75, 3.05) is 26.2 Å². The number of guanidine groups is 1. The summed E-state index contributed by atoms with van der Waals surface area (Å²) in [7, 11) is -3.56. The SMILES string of the molecule is CCNC(=NCCCn1c(C)nc2ccccc21)NCCNS(=O)(=O)c1cccnc1.I. The first-order chi connectivity index (χ1) is 15.0. The lowest BCUT2D eigenvalue weighted by atomic mass is 10.3. The Bertz CT molecular complexity index is 1120. The number of fused-ring (bicyclic) bond motifs is 1. The molecule has 0 unspecified atom stereocenters. The summed E-state index contributed by atoms with van der Waals surface area (Å²) >= 11 is 0. The van der Waals surface area contributed by atoms with E-state index in [0.29, 0.717) is 19.0 Å². The lowest BCUT2D eigenvalue weighted by Crippen LogP contribution is -2.41. The van der Waals surface area contributed by atoms with Crippen LogP contribution in [0.5, 0.6) is 0 Å². The minimum Gasteiger partial charge on any atom is -0.357 e. The van der Waals surface area contributed by atoms with E-state index in [1.165, 1.54) is 18.5 Å². The molecule has 3 N–H and O–H groups in total. The number of benzene rings is 1. The van der Waals surface area contributed by atoms with Crippen LogP contribution < -0.4 is 15.4 Å². The van der Waals surface area contributed by atoms with Crippen molar-refractivity contribution in [2.24, 2.45) is 4.99 Å². The molecule has 0 aliphatic rings. The number of aryl methyl sites for hydroxylation is 2. The summed E-state index contributed by atoms with van der Waals surface area (Å²) < 4.78 is 29.2. The predicted octanol–water partition coefficient (Wildman–Crippen LogP) is 2.28. The third-order valence-electron chi connectivity index (χ3n) is 4.65. The molecule has 174 valence electrons. The number of hydrogen-bond acceptors (Lipinski definition) is 5. The molecule has 32 heavy (non-hydrogen) atoms. The van der Waals surface area contributed by atoms with E-state index in [4.69, 9.17) is 0 Å². The number of nitrogens with zero attached hydrogens (tertiary/aromatic N) is 4. The van der Waals surface area contributed by atoms with Crippen LogP contribution >= 0.6 is 24.0 Å². The van der Waals surface area contributed by atoms with E-state index in [1.54, 1.807) is 6.07 Å². The van der Waals surface area contributed by atoms with Crippen molar-refractivity contribution in [3.05, 3.63) is 54.6 Å². The Morgan fingerprint density at radius 1 is 1.12 bits per heavy atom. The first kappa shape index (κ1) is 26.0. The average Bonchev–Trinajstić information content (AvgIpc) is 3.09. The van der Waals surface area contributed by atoms with E-state index in [0.717, 1.165) is 36.4 Å². The monoisotopic (exact) mass is 571 g/mol. The standard InChI is InChI=1S/C21H29N7O2S.HI/c1-3-23-21(25-13-14-26-31(29,30)18-8-6-11-22-16-18)24-12-7-15-28-17(2)27-19-9-4-5-10-20(19)28;/h4-6,8-11,16,26H,3,7,12-15H2,1-2H3,(H2,23,24,25);1H. The highest BCUT2D eigenvalue weighted by atomic mass is 127. The van der Waals surface area contributed by atoms with Gasteiger partial charge >= 0.3 is 0 Å². The molecule has 0 aliphatic carbocycles. The molecule has 0 atom stereocenters. The van der Waals surface area contributed by atoms with Gasteiger partial charge in [-0.1, -0.05) is 12.1 Å². The Kier molecular flexibility index (Phi) is 10.3. The maximum atomic E-state index is 12.2. The van der Waals surface area contributed by atoms with Crippen LogP contribution in [0.2, 0.25) is 0 Å². The average molecular weight is 571 g/mol. The highest BCUT2D eigenvalue weighted by molar-refractivity contribution is 14.0. The van der Waals surface area contributed by atoms with Crippen LogP contribution in [0.4, 0.5) is 0 Å². The Morgan fingerprint density at radius 2 is 1.94 bits per heavy atom. The van der Waals surface area contributed by atoms with Crippen LogP contribution in [0.1, 0.15) is 19.2 Å². The van der Waals surface area contributed by atoms with Gasteiger partial charge in [0, 0.05) is 45.1 Å². The predicted molar refractivity (Wildman–Crippen MR) is 138 cm³/mol. The first-order valence-electron chi connectivity index (χ1n) is 10.3. The third-order valence-corrected chi connectivity index (χ3v) is 6.10.